The molecule has 2 atom stereocenters. The van der Waals surface area contributed by atoms with Crippen LogP contribution in [0.5, 0.6) is 0 Å². The third-order valence-electron chi connectivity index (χ3n) is 2.58. The van der Waals surface area contributed by atoms with Crippen LogP contribution in [-0.4, -0.2) is 31.1 Å². The first-order chi connectivity index (χ1) is 6.07. The van der Waals surface area contributed by atoms with Gasteiger partial charge in [0.2, 0.25) is 0 Å². The first-order valence-electron chi connectivity index (χ1n) is 5.03. The van der Waals surface area contributed by atoms with Gasteiger partial charge in [-0.1, -0.05) is 20.8 Å². The van der Waals surface area contributed by atoms with Gasteiger partial charge < -0.3 is 10.1 Å². The molecule has 13 heavy (non-hydrogen) atoms. The molecule has 0 aromatic carbocycles. The zero-order chi connectivity index (χ0) is 9.47. The number of fused-ring (bicyclic) bond motifs is 1. The Morgan fingerprint density at radius 1 is 1.46 bits per heavy atom. The summed E-state index contributed by atoms with van der Waals surface area (Å²) in [5.74, 6) is 0.936. The van der Waals surface area contributed by atoms with Gasteiger partial charge in [-0.15, -0.1) is 0 Å². The van der Waals surface area contributed by atoms with E-state index >= 15 is 0 Å². The van der Waals surface area contributed by atoms with Gasteiger partial charge in [-0.05, 0) is 13.0 Å². The molecule has 0 aromatic heterocycles. The van der Waals surface area contributed by atoms with E-state index in [0.717, 1.165) is 25.4 Å². The molecule has 0 aliphatic carbocycles. The summed E-state index contributed by atoms with van der Waals surface area (Å²) in [5.41, 5.74) is 0.0668. The van der Waals surface area contributed by atoms with E-state index in [9.17, 15) is 0 Å². The summed E-state index contributed by atoms with van der Waals surface area (Å²) in [5, 5.41) is 3.34. The van der Waals surface area contributed by atoms with Crippen LogP contribution in [0.25, 0.3) is 0 Å². The van der Waals surface area contributed by atoms with Crippen molar-refractivity contribution in [3.63, 3.8) is 0 Å². The predicted octanol–water partition coefficient (Wildman–Crippen LogP) is 1.19. The van der Waals surface area contributed by atoms with Crippen LogP contribution in [0.3, 0.4) is 0 Å². The number of rotatable bonds is 0. The van der Waals surface area contributed by atoms with Gasteiger partial charge in [0.1, 0.15) is 12.1 Å². The van der Waals surface area contributed by atoms with Crippen LogP contribution in [0, 0.1) is 5.41 Å². The minimum absolute atomic E-state index is 0.0668. The van der Waals surface area contributed by atoms with E-state index in [0.29, 0.717) is 12.1 Å². The molecular formula is C10H18N2O. The molecule has 2 aliphatic heterocycles. The lowest BCUT2D eigenvalue weighted by Gasteiger charge is -2.24. The standard InChI is InChI=1S/C10H18N2O/c1-10(2,3)9-12-7-6-11-5-4-8(7)13-9/h7-8,11H,4-6H2,1-3H3. The van der Waals surface area contributed by atoms with Gasteiger partial charge in [-0.3, -0.25) is 0 Å². The van der Waals surface area contributed by atoms with Gasteiger partial charge >= 0.3 is 0 Å². The summed E-state index contributed by atoms with van der Waals surface area (Å²) < 4.78 is 5.84. The van der Waals surface area contributed by atoms with Crippen molar-refractivity contribution in [3.05, 3.63) is 0 Å². The van der Waals surface area contributed by atoms with Crippen molar-refractivity contribution in [2.45, 2.75) is 39.3 Å². The molecule has 0 radical (unpaired) electrons. The number of piperidine rings is 1. The normalized spacial score (nSPS) is 33.6. The maximum Gasteiger partial charge on any atom is 0.189 e. The average molecular weight is 182 g/mol. The predicted molar refractivity (Wildman–Crippen MR) is 53.0 cm³/mol. The van der Waals surface area contributed by atoms with E-state index in [4.69, 9.17) is 4.74 Å². The van der Waals surface area contributed by atoms with Gasteiger partial charge in [0.25, 0.3) is 0 Å². The topological polar surface area (TPSA) is 33.6 Å². The van der Waals surface area contributed by atoms with Crippen molar-refractivity contribution >= 4 is 5.90 Å². The summed E-state index contributed by atoms with van der Waals surface area (Å²) in [4.78, 5) is 4.61. The lowest BCUT2D eigenvalue weighted by Crippen LogP contribution is -2.41. The van der Waals surface area contributed by atoms with E-state index < -0.39 is 0 Å². The quantitative estimate of drug-likeness (QED) is 0.610. The van der Waals surface area contributed by atoms with Gasteiger partial charge in [0.15, 0.2) is 5.90 Å². The Hall–Kier alpha value is -0.570. The molecule has 2 heterocycles. The second kappa shape index (κ2) is 2.98. The Bertz CT molecular complexity index is 230. The molecule has 74 valence electrons. The van der Waals surface area contributed by atoms with Crippen molar-refractivity contribution in [2.75, 3.05) is 13.1 Å². The largest absolute Gasteiger partial charge is 0.475 e. The van der Waals surface area contributed by atoms with Crippen LogP contribution in [-0.2, 0) is 4.74 Å². The van der Waals surface area contributed by atoms with Crippen LogP contribution < -0.4 is 5.32 Å². The maximum atomic E-state index is 5.84. The highest BCUT2D eigenvalue weighted by atomic mass is 16.5. The van der Waals surface area contributed by atoms with Crippen LogP contribution >= 0.6 is 0 Å². The monoisotopic (exact) mass is 182 g/mol. The highest BCUT2D eigenvalue weighted by Crippen LogP contribution is 2.27. The second-order valence-corrected chi connectivity index (χ2v) is 4.90. The molecule has 3 nitrogen and oxygen atoms in total. The fraction of sp³-hybridized carbons (Fsp3) is 0.900. The molecule has 2 rings (SSSR count). The molecule has 3 heteroatoms. The molecule has 0 amide bonds. The van der Waals surface area contributed by atoms with Crippen molar-refractivity contribution in [1.29, 1.82) is 0 Å². The maximum absolute atomic E-state index is 5.84. The molecule has 0 spiro atoms. The Balaban J connectivity index is 2.09. The zero-order valence-corrected chi connectivity index (χ0v) is 8.63. The number of hydrogen-bond acceptors (Lipinski definition) is 3. The minimum atomic E-state index is 0.0668. The molecule has 2 aliphatic rings. The van der Waals surface area contributed by atoms with Gasteiger partial charge in [0.05, 0.1) is 0 Å². The lowest BCUT2D eigenvalue weighted by molar-refractivity contribution is 0.146. The number of hydrogen-bond donors (Lipinski definition) is 1. The first-order valence-corrected chi connectivity index (χ1v) is 5.03. The Morgan fingerprint density at radius 2 is 2.23 bits per heavy atom. The van der Waals surface area contributed by atoms with Gasteiger partial charge in [-0.25, -0.2) is 4.99 Å². The van der Waals surface area contributed by atoms with Gasteiger partial charge in [0, 0.05) is 12.0 Å². The number of nitrogens with zero attached hydrogens (tertiary/aromatic N) is 1. The second-order valence-electron chi connectivity index (χ2n) is 4.90. The van der Waals surface area contributed by atoms with E-state index in [1.165, 1.54) is 0 Å². The summed E-state index contributed by atoms with van der Waals surface area (Å²) in [7, 11) is 0. The molecule has 1 fully saturated rings. The summed E-state index contributed by atoms with van der Waals surface area (Å²) in [6.07, 6.45) is 1.43. The molecule has 0 bridgehead atoms. The van der Waals surface area contributed by atoms with Crippen LogP contribution in [0.2, 0.25) is 0 Å². The molecule has 0 saturated carbocycles. The lowest BCUT2D eigenvalue weighted by atomic mass is 9.97. The Morgan fingerprint density at radius 3 is 2.85 bits per heavy atom. The average Bonchev–Trinajstić information content (AvgIpc) is 2.45. The van der Waals surface area contributed by atoms with Crippen molar-refractivity contribution < 1.29 is 4.74 Å². The van der Waals surface area contributed by atoms with Crippen LogP contribution in [0.1, 0.15) is 27.2 Å². The Labute approximate surface area is 79.6 Å². The van der Waals surface area contributed by atoms with E-state index in [1.54, 1.807) is 0 Å². The van der Waals surface area contributed by atoms with Crippen molar-refractivity contribution in [3.8, 4) is 0 Å². The summed E-state index contributed by atoms with van der Waals surface area (Å²) >= 11 is 0. The van der Waals surface area contributed by atoms with Gasteiger partial charge in [-0.2, -0.15) is 0 Å². The fourth-order valence-electron chi connectivity index (χ4n) is 1.78. The van der Waals surface area contributed by atoms with Crippen LogP contribution in [0.15, 0.2) is 4.99 Å². The third kappa shape index (κ3) is 1.70. The molecular weight excluding hydrogens is 164 g/mol. The number of nitrogens with one attached hydrogen (secondary N) is 1. The minimum Gasteiger partial charge on any atom is -0.475 e. The SMILES string of the molecule is CC(C)(C)C1=NC2CNCCC2O1. The Kier molecular flexibility index (Phi) is 2.06. The molecule has 1 N–H and O–H groups in total. The third-order valence-corrected chi connectivity index (χ3v) is 2.58. The highest BCUT2D eigenvalue weighted by molar-refractivity contribution is 5.83. The van der Waals surface area contributed by atoms with E-state index in [2.05, 4.69) is 31.1 Å². The van der Waals surface area contributed by atoms with E-state index in [1.807, 2.05) is 0 Å². The summed E-state index contributed by atoms with van der Waals surface area (Å²) in [6.45, 7) is 8.49. The smallest absolute Gasteiger partial charge is 0.189 e. The number of ether oxygens (including phenoxy) is 1. The fourth-order valence-corrected chi connectivity index (χ4v) is 1.78. The molecule has 2 unspecified atom stereocenters. The molecule has 0 aromatic rings. The molecule has 1 saturated heterocycles. The first kappa shape index (κ1) is 9.00. The number of aliphatic imine (C=N–C) groups is 1. The highest BCUT2D eigenvalue weighted by Gasteiger charge is 2.37. The zero-order valence-electron chi connectivity index (χ0n) is 8.63. The van der Waals surface area contributed by atoms with Crippen LogP contribution in [0.4, 0.5) is 0 Å². The van der Waals surface area contributed by atoms with Crippen molar-refractivity contribution in [2.24, 2.45) is 10.4 Å². The van der Waals surface area contributed by atoms with E-state index in [-0.39, 0.29) is 5.41 Å². The summed E-state index contributed by atoms with van der Waals surface area (Å²) in [6, 6.07) is 0.364. The van der Waals surface area contributed by atoms with Crippen molar-refractivity contribution in [1.82, 2.24) is 5.32 Å².